The number of carbonyl (C=O) groups is 1. The summed E-state index contributed by atoms with van der Waals surface area (Å²) in [6.07, 6.45) is 1.83. The first-order chi connectivity index (χ1) is 10.2. The average molecular weight is 297 g/mol. The van der Waals surface area contributed by atoms with Crippen LogP contribution in [0.4, 0.5) is 11.4 Å². The second-order valence-corrected chi connectivity index (χ2v) is 5.71. The maximum absolute atomic E-state index is 11.1. The first-order valence-corrected chi connectivity index (χ1v) is 7.53. The highest BCUT2D eigenvalue weighted by molar-refractivity contribution is 7.10. The fourth-order valence-corrected chi connectivity index (χ4v) is 2.90. The molecule has 1 amide bonds. The summed E-state index contributed by atoms with van der Waals surface area (Å²) in [4.78, 5) is 16.7. The molecule has 3 aromatic rings. The minimum absolute atomic E-state index is 0.0537. The first-order valence-electron chi connectivity index (χ1n) is 6.65. The highest BCUT2D eigenvalue weighted by Crippen LogP contribution is 2.24. The fourth-order valence-electron chi connectivity index (χ4n) is 2.13. The van der Waals surface area contributed by atoms with E-state index in [0.29, 0.717) is 6.54 Å². The van der Waals surface area contributed by atoms with E-state index < -0.39 is 0 Å². The number of amides is 1. The Labute approximate surface area is 126 Å². The number of anilines is 2. The van der Waals surface area contributed by atoms with Crippen LogP contribution in [-0.2, 0) is 11.3 Å². The monoisotopic (exact) mass is 297 g/mol. The van der Waals surface area contributed by atoms with Crippen LogP contribution in [0.2, 0.25) is 0 Å². The molecule has 4 nitrogen and oxygen atoms in total. The number of aromatic nitrogens is 1. The van der Waals surface area contributed by atoms with E-state index in [1.165, 1.54) is 6.92 Å². The van der Waals surface area contributed by atoms with Crippen LogP contribution in [0.1, 0.15) is 11.8 Å². The largest absolute Gasteiger partial charge is 0.379 e. The van der Waals surface area contributed by atoms with Crippen LogP contribution < -0.4 is 10.6 Å². The van der Waals surface area contributed by atoms with Gasteiger partial charge >= 0.3 is 0 Å². The minimum atomic E-state index is -0.0537. The van der Waals surface area contributed by atoms with Crippen LogP contribution in [-0.4, -0.2) is 10.9 Å². The summed E-state index contributed by atoms with van der Waals surface area (Å²) in [5, 5.41) is 9.26. The zero-order valence-corrected chi connectivity index (χ0v) is 12.4. The SMILES string of the molecule is CC(=O)Nc1ccsc1CNc1cnc2ccccc2c1. The van der Waals surface area contributed by atoms with Crippen molar-refractivity contribution in [3.8, 4) is 0 Å². The van der Waals surface area contributed by atoms with E-state index in [1.807, 2.05) is 41.9 Å². The number of rotatable bonds is 4. The van der Waals surface area contributed by atoms with Crippen molar-refractivity contribution in [1.29, 1.82) is 0 Å². The maximum atomic E-state index is 11.1. The molecular formula is C16H15N3OS. The smallest absolute Gasteiger partial charge is 0.221 e. The predicted octanol–water partition coefficient (Wildman–Crippen LogP) is 3.87. The average Bonchev–Trinajstić information content (AvgIpc) is 2.91. The van der Waals surface area contributed by atoms with Crippen molar-refractivity contribution in [1.82, 2.24) is 4.98 Å². The van der Waals surface area contributed by atoms with Gasteiger partial charge in [-0.05, 0) is 23.6 Å². The van der Waals surface area contributed by atoms with Gasteiger partial charge < -0.3 is 10.6 Å². The zero-order chi connectivity index (χ0) is 14.7. The molecule has 0 spiro atoms. The van der Waals surface area contributed by atoms with E-state index in [1.54, 1.807) is 11.3 Å². The van der Waals surface area contributed by atoms with Crippen molar-refractivity contribution in [2.45, 2.75) is 13.5 Å². The molecule has 2 N–H and O–H groups in total. The number of nitrogens with zero attached hydrogens (tertiary/aromatic N) is 1. The Morgan fingerprint density at radius 3 is 3.00 bits per heavy atom. The Morgan fingerprint density at radius 2 is 2.14 bits per heavy atom. The molecule has 0 atom stereocenters. The van der Waals surface area contributed by atoms with Crippen LogP contribution in [0, 0.1) is 0 Å². The molecule has 0 fully saturated rings. The Balaban J connectivity index is 1.74. The lowest BCUT2D eigenvalue weighted by atomic mass is 10.2. The molecule has 0 radical (unpaired) electrons. The van der Waals surface area contributed by atoms with Gasteiger partial charge in [0.2, 0.25) is 5.91 Å². The summed E-state index contributed by atoms with van der Waals surface area (Å²) in [5.74, 6) is -0.0537. The number of fused-ring (bicyclic) bond motifs is 1. The summed E-state index contributed by atoms with van der Waals surface area (Å²) in [5.41, 5.74) is 2.82. The molecule has 0 unspecified atom stereocenters. The van der Waals surface area contributed by atoms with Gasteiger partial charge in [-0.1, -0.05) is 18.2 Å². The summed E-state index contributed by atoms with van der Waals surface area (Å²) in [6.45, 7) is 2.18. The quantitative estimate of drug-likeness (QED) is 0.768. The van der Waals surface area contributed by atoms with Gasteiger partial charge in [-0.15, -0.1) is 11.3 Å². The van der Waals surface area contributed by atoms with Crippen molar-refractivity contribution in [2.24, 2.45) is 0 Å². The van der Waals surface area contributed by atoms with Gasteiger partial charge in [0.15, 0.2) is 0 Å². The standard InChI is InChI=1S/C16H15N3OS/c1-11(20)19-15-6-7-21-16(15)10-17-13-8-12-4-2-3-5-14(12)18-9-13/h2-9,17H,10H2,1H3,(H,19,20). The molecule has 0 saturated carbocycles. The molecule has 1 aromatic carbocycles. The van der Waals surface area contributed by atoms with Crippen molar-refractivity contribution in [3.63, 3.8) is 0 Å². The molecule has 5 heteroatoms. The number of thiophene rings is 1. The van der Waals surface area contributed by atoms with Crippen LogP contribution >= 0.6 is 11.3 Å². The number of nitrogens with one attached hydrogen (secondary N) is 2. The fraction of sp³-hybridized carbons (Fsp3) is 0.125. The van der Waals surface area contributed by atoms with E-state index in [4.69, 9.17) is 0 Å². The second-order valence-electron chi connectivity index (χ2n) is 4.71. The van der Waals surface area contributed by atoms with E-state index in [-0.39, 0.29) is 5.91 Å². The van der Waals surface area contributed by atoms with Gasteiger partial charge in [0.05, 0.1) is 29.6 Å². The van der Waals surface area contributed by atoms with Crippen molar-refractivity contribution < 1.29 is 4.79 Å². The number of pyridine rings is 1. The molecule has 0 aliphatic rings. The molecule has 0 bridgehead atoms. The molecule has 106 valence electrons. The van der Waals surface area contributed by atoms with Crippen LogP contribution in [0.15, 0.2) is 48.0 Å². The molecule has 0 saturated heterocycles. The first kappa shape index (κ1) is 13.6. The summed E-state index contributed by atoms with van der Waals surface area (Å²) >= 11 is 1.62. The van der Waals surface area contributed by atoms with Gasteiger partial charge in [0, 0.05) is 17.2 Å². The van der Waals surface area contributed by atoms with Gasteiger partial charge in [-0.3, -0.25) is 9.78 Å². The Kier molecular flexibility index (Phi) is 3.83. The third-order valence-electron chi connectivity index (χ3n) is 3.10. The topological polar surface area (TPSA) is 54.0 Å². The van der Waals surface area contributed by atoms with E-state index in [0.717, 1.165) is 27.2 Å². The van der Waals surface area contributed by atoms with Gasteiger partial charge in [-0.2, -0.15) is 0 Å². The van der Waals surface area contributed by atoms with Gasteiger partial charge in [-0.25, -0.2) is 0 Å². The normalized spacial score (nSPS) is 10.5. The number of hydrogen-bond acceptors (Lipinski definition) is 4. The van der Waals surface area contributed by atoms with Crippen LogP contribution in [0.3, 0.4) is 0 Å². The second kappa shape index (κ2) is 5.93. The predicted molar refractivity (Wildman–Crippen MR) is 87.7 cm³/mol. The zero-order valence-electron chi connectivity index (χ0n) is 11.6. The summed E-state index contributed by atoms with van der Waals surface area (Å²) < 4.78 is 0. The summed E-state index contributed by atoms with van der Waals surface area (Å²) in [6, 6.07) is 12.0. The van der Waals surface area contributed by atoms with E-state index in [9.17, 15) is 4.79 Å². The van der Waals surface area contributed by atoms with E-state index >= 15 is 0 Å². The molecule has 0 aliphatic heterocycles. The number of para-hydroxylation sites is 1. The maximum Gasteiger partial charge on any atom is 0.221 e. The Hall–Kier alpha value is -2.40. The molecule has 21 heavy (non-hydrogen) atoms. The Bertz CT molecular complexity index is 782. The van der Waals surface area contributed by atoms with E-state index in [2.05, 4.69) is 21.7 Å². The number of benzene rings is 1. The highest BCUT2D eigenvalue weighted by atomic mass is 32.1. The third-order valence-corrected chi connectivity index (χ3v) is 4.02. The van der Waals surface area contributed by atoms with Crippen LogP contribution in [0.25, 0.3) is 10.9 Å². The molecule has 2 heterocycles. The van der Waals surface area contributed by atoms with Crippen molar-refractivity contribution >= 4 is 39.5 Å². The van der Waals surface area contributed by atoms with Gasteiger partial charge in [0.25, 0.3) is 0 Å². The Morgan fingerprint density at radius 1 is 1.29 bits per heavy atom. The van der Waals surface area contributed by atoms with Crippen molar-refractivity contribution in [3.05, 3.63) is 52.9 Å². The highest BCUT2D eigenvalue weighted by Gasteiger charge is 2.06. The molecular weight excluding hydrogens is 282 g/mol. The van der Waals surface area contributed by atoms with Crippen molar-refractivity contribution in [2.75, 3.05) is 10.6 Å². The number of hydrogen-bond donors (Lipinski definition) is 2. The van der Waals surface area contributed by atoms with Gasteiger partial charge in [0.1, 0.15) is 0 Å². The summed E-state index contributed by atoms with van der Waals surface area (Å²) in [7, 11) is 0. The number of carbonyl (C=O) groups excluding carboxylic acids is 1. The minimum Gasteiger partial charge on any atom is -0.379 e. The third kappa shape index (κ3) is 3.20. The molecule has 3 rings (SSSR count). The lowest BCUT2D eigenvalue weighted by Crippen LogP contribution is -2.08. The molecule has 2 aromatic heterocycles. The lowest BCUT2D eigenvalue weighted by Gasteiger charge is -2.08. The lowest BCUT2D eigenvalue weighted by molar-refractivity contribution is -0.114. The molecule has 0 aliphatic carbocycles. The van der Waals surface area contributed by atoms with Crippen LogP contribution in [0.5, 0.6) is 0 Å².